The van der Waals surface area contributed by atoms with Gasteiger partial charge in [0.1, 0.15) is 5.56 Å². The molecule has 1 aliphatic rings. The maximum absolute atomic E-state index is 12.9. The van der Waals surface area contributed by atoms with E-state index in [-0.39, 0.29) is 28.8 Å². The number of likely N-dealkylation sites (tertiary alicyclic amines) is 1. The first-order valence-electron chi connectivity index (χ1n) is 9.89. The number of nitrogens with one attached hydrogen (secondary N) is 1. The van der Waals surface area contributed by atoms with E-state index in [0.717, 1.165) is 11.1 Å². The van der Waals surface area contributed by atoms with Gasteiger partial charge in [0, 0.05) is 18.7 Å². The number of esters is 1. The Morgan fingerprint density at radius 3 is 2.50 bits per heavy atom. The van der Waals surface area contributed by atoms with Gasteiger partial charge in [0.05, 0.1) is 18.7 Å². The highest BCUT2D eigenvalue weighted by atomic mass is 16.5. The Bertz CT molecular complexity index is 965. The van der Waals surface area contributed by atoms with Crippen molar-refractivity contribution in [3.05, 3.63) is 58.7 Å². The van der Waals surface area contributed by atoms with Crippen LogP contribution in [0.3, 0.4) is 0 Å². The number of amides is 2. The molecule has 2 aromatic carbocycles. The zero-order valence-corrected chi connectivity index (χ0v) is 17.4. The summed E-state index contributed by atoms with van der Waals surface area (Å²) in [4.78, 5) is 39.2. The first kappa shape index (κ1) is 21.4. The number of hydrogen-bond acceptors (Lipinski definition) is 5. The third-order valence-corrected chi connectivity index (χ3v) is 5.25. The van der Waals surface area contributed by atoms with E-state index in [1.54, 1.807) is 11.0 Å². The summed E-state index contributed by atoms with van der Waals surface area (Å²) in [5, 5.41) is 13.0. The van der Waals surface area contributed by atoms with Crippen molar-refractivity contribution in [2.75, 3.05) is 25.5 Å². The van der Waals surface area contributed by atoms with Gasteiger partial charge in [-0.15, -0.1) is 0 Å². The molecule has 158 valence electrons. The van der Waals surface area contributed by atoms with E-state index in [9.17, 15) is 19.5 Å². The third-order valence-electron chi connectivity index (χ3n) is 5.25. The number of phenols is 1. The summed E-state index contributed by atoms with van der Waals surface area (Å²) in [6.45, 7) is 4.80. The molecule has 0 bridgehead atoms. The Kier molecular flexibility index (Phi) is 6.40. The minimum Gasteiger partial charge on any atom is -0.505 e. The summed E-state index contributed by atoms with van der Waals surface area (Å²) in [6.07, 6.45) is 1.35. The second-order valence-corrected chi connectivity index (χ2v) is 7.65. The molecular formula is C23H26N2O5. The van der Waals surface area contributed by atoms with Crippen molar-refractivity contribution in [3.63, 3.8) is 0 Å². The zero-order chi connectivity index (χ0) is 21.8. The van der Waals surface area contributed by atoms with Crippen LogP contribution < -0.4 is 5.32 Å². The number of aryl methyl sites for hydroxylation is 2. The Balaban J connectivity index is 1.72. The van der Waals surface area contributed by atoms with Crippen LogP contribution in [0.5, 0.6) is 5.75 Å². The number of rotatable bonds is 4. The number of piperidine rings is 1. The molecule has 0 radical (unpaired) electrons. The van der Waals surface area contributed by atoms with E-state index in [0.29, 0.717) is 31.5 Å². The van der Waals surface area contributed by atoms with Crippen LogP contribution in [0.15, 0.2) is 36.4 Å². The molecule has 1 heterocycles. The maximum atomic E-state index is 12.9. The number of ether oxygens (including phenoxy) is 1. The monoisotopic (exact) mass is 410 g/mol. The van der Waals surface area contributed by atoms with Gasteiger partial charge in [-0.2, -0.15) is 0 Å². The van der Waals surface area contributed by atoms with Crippen LogP contribution in [0.4, 0.5) is 5.69 Å². The molecule has 2 aromatic rings. The summed E-state index contributed by atoms with van der Waals surface area (Å²) in [6, 6.07) is 10.2. The average molecular weight is 410 g/mol. The zero-order valence-electron chi connectivity index (χ0n) is 17.4. The van der Waals surface area contributed by atoms with Crippen LogP contribution in [-0.2, 0) is 9.53 Å². The molecule has 2 N–H and O–H groups in total. The highest BCUT2D eigenvalue weighted by molar-refractivity contribution is 6.00. The van der Waals surface area contributed by atoms with Crippen LogP contribution in [-0.4, -0.2) is 48.0 Å². The van der Waals surface area contributed by atoms with Crippen molar-refractivity contribution in [1.82, 2.24) is 4.90 Å². The second-order valence-electron chi connectivity index (χ2n) is 7.65. The fraction of sp³-hybridized carbons (Fsp3) is 0.348. The molecule has 2 amide bonds. The van der Waals surface area contributed by atoms with Gasteiger partial charge in [0.15, 0.2) is 5.75 Å². The van der Waals surface area contributed by atoms with E-state index in [4.69, 9.17) is 0 Å². The Morgan fingerprint density at radius 2 is 1.83 bits per heavy atom. The lowest BCUT2D eigenvalue weighted by atomic mass is 9.96. The molecule has 0 aromatic heterocycles. The predicted octanol–water partition coefficient (Wildman–Crippen LogP) is 3.29. The minimum atomic E-state index is -0.688. The number of aromatic hydroxyl groups is 1. The summed E-state index contributed by atoms with van der Waals surface area (Å²) < 4.78 is 4.64. The quantitative estimate of drug-likeness (QED) is 0.596. The van der Waals surface area contributed by atoms with Gasteiger partial charge >= 0.3 is 5.97 Å². The molecule has 1 saturated heterocycles. The fourth-order valence-electron chi connectivity index (χ4n) is 3.81. The van der Waals surface area contributed by atoms with Gasteiger partial charge < -0.3 is 20.1 Å². The number of carbonyl (C=O) groups excluding carboxylic acids is 3. The molecule has 0 aliphatic carbocycles. The number of methoxy groups -OCH3 is 1. The lowest BCUT2D eigenvalue weighted by Crippen LogP contribution is -2.43. The molecule has 0 spiro atoms. The number of benzene rings is 2. The molecule has 7 heteroatoms. The highest BCUT2D eigenvalue weighted by Gasteiger charge is 2.30. The molecular weight excluding hydrogens is 384 g/mol. The molecule has 7 nitrogen and oxygen atoms in total. The van der Waals surface area contributed by atoms with Crippen molar-refractivity contribution in [2.24, 2.45) is 5.92 Å². The highest BCUT2D eigenvalue weighted by Crippen LogP contribution is 2.29. The minimum absolute atomic E-state index is 0.0226. The Labute approximate surface area is 175 Å². The molecule has 1 atom stereocenters. The van der Waals surface area contributed by atoms with E-state index in [1.165, 1.54) is 19.2 Å². The Morgan fingerprint density at radius 1 is 1.13 bits per heavy atom. The number of para-hydroxylation sites is 1. The molecule has 3 rings (SSSR count). The van der Waals surface area contributed by atoms with Gasteiger partial charge in [0.2, 0.25) is 5.91 Å². The average Bonchev–Trinajstić information content (AvgIpc) is 2.73. The van der Waals surface area contributed by atoms with Crippen LogP contribution in [0.2, 0.25) is 0 Å². The number of anilines is 1. The van der Waals surface area contributed by atoms with E-state index < -0.39 is 11.9 Å². The molecule has 1 aliphatic heterocycles. The van der Waals surface area contributed by atoms with Crippen LogP contribution in [0, 0.1) is 19.8 Å². The molecule has 30 heavy (non-hydrogen) atoms. The summed E-state index contributed by atoms with van der Waals surface area (Å²) in [5.41, 5.74) is 2.78. The van der Waals surface area contributed by atoms with Gasteiger partial charge in [-0.25, -0.2) is 4.79 Å². The smallest absolute Gasteiger partial charge is 0.341 e. The van der Waals surface area contributed by atoms with E-state index in [1.807, 2.05) is 32.0 Å². The van der Waals surface area contributed by atoms with Gasteiger partial charge in [0.25, 0.3) is 5.91 Å². The van der Waals surface area contributed by atoms with Crippen LogP contribution in [0.25, 0.3) is 0 Å². The van der Waals surface area contributed by atoms with Crippen molar-refractivity contribution < 1.29 is 24.2 Å². The lowest BCUT2D eigenvalue weighted by molar-refractivity contribution is -0.121. The normalized spacial score (nSPS) is 16.1. The second kappa shape index (κ2) is 8.98. The number of carbonyl (C=O) groups is 3. The van der Waals surface area contributed by atoms with Crippen LogP contribution in [0.1, 0.15) is 44.7 Å². The molecule has 0 saturated carbocycles. The topological polar surface area (TPSA) is 95.9 Å². The third kappa shape index (κ3) is 4.62. The first-order valence-corrected chi connectivity index (χ1v) is 9.89. The number of phenolic OH excluding ortho intramolecular Hbond substituents is 1. The summed E-state index contributed by atoms with van der Waals surface area (Å²) in [7, 11) is 1.22. The van der Waals surface area contributed by atoms with Crippen molar-refractivity contribution in [3.8, 4) is 5.75 Å². The first-order chi connectivity index (χ1) is 14.3. The van der Waals surface area contributed by atoms with Crippen LogP contribution >= 0.6 is 0 Å². The summed E-state index contributed by atoms with van der Waals surface area (Å²) >= 11 is 0. The van der Waals surface area contributed by atoms with E-state index in [2.05, 4.69) is 10.1 Å². The van der Waals surface area contributed by atoms with Gasteiger partial charge in [-0.3, -0.25) is 9.59 Å². The van der Waals surface area contributed by atoms with E-state index >= 15 is 0 Å². The molecule has 1 unspecified atom stereocenters. The van der Waals surface area contributed by atoms with Crippen molar-refractivity contribution >= 4 is 23.5 Å². The van der Waals surface area contributed by atoms with Crippen molar-refractivity contribution in [1.29, 1.82) is 0 Å². The number of hydrogen-bond donors (Lipinski definition) is 2. The standard InChI is InChI=1S/C23H26N2O5/c1-14-10-15(2)12-17(11-14)22(28)25-9-5-6-16(13-25)21(27)24-19-8-4-7-18(20(19)26)23(29)30-3/h4,7-8,10-12,16,26H,5-6,9,13H2,1-3H3,(H,24,27). The summed E-state index contributed by atoms with van der Waals surface area (Å²) in [5.74, 6) is -1.82. The number of nitrogens with zero attached hydrogens (tertiary/aromatic N) is 1. The fourth-order valence-corrected chi connectivity index (χ4v) is 3.81. The maximum Gasteiger partial charge on any atom is 0.341 e. The predicted molar refractivity (Wildman–Crippen MR) is 113 cm³/mol. The molecule has 1 fully saturated rings. The van der Waals surface area contributed by atoms with Crippen molar-refractivity contribution in [2.45, 2.75) is 26.7 Å². The lowest BCUT2D eigenvalue weighted by Gasteiger charge is -2.32. The van der Waals surface area contributed by atoms with Gasteiger partial charge in [-0.05, 0) is 51.0 Å². The Hall–Kier alpha value is -3.35. The largest absolute Gasteiger partial charge is 0.505 e. The SMILES string of the molecule is COC(=O)c1cccc(NC(=O)C2CCCN(C(=O)c3cc(C)cc(C)c3)C2)c1O. The van der Waals surface area contributed by atoms with Gasteiger partial charge in [-0.1, -0.05) is 23.3 Å².